The number of amides is 2. The summed E-state index contributed by atoms with van der Waals surface area (Å²) in [6.07, 6.45) is 0.995. The van der Waals surface area contributed by atoms with E-state index in [4.69, 9.17) is 9.47 Å². The summed E-state index contributed by atoms with van der Waals surface area (Å²) in [6, 6.07) is 6.44. The molecule has 1 aromatic carbocycles. The fourth-order valence-electron chi connectivity index (χ4n) is 2.29. The Bertz CT molecular complexity index is 501. The van der Waals surface area contributed by atoms with Crippen molar-refractivity contribution in [2.45, 2.75) is 18.9 Å². The summed E-state index contributed by atoms with van der Waals surface area (Å²) >= 11 is 0. The van der Waals surface area contributed by atoms with Crippen LogP contribution in [0.25, 0.3) is 0 Å². The first-order chi connectivity index (χ1) is 10.2. The molecule has 114 valence electrons. The van der Waals surface area contributed by atoms with Gasteiger partial charge in [-0.2, -0.15) is 0 Å². The van der Waals surface area contributed by atoms with E-state index in [1.807, 2.05) is 0 Å². The second-order valence-corrected chi connectivity index (χ2v) is 4.82. The summed E-state index contributed by atoms with van der Waals surface area (Å²) < 4.78 is 10.0. The van der Waals surface area contributed by atoms with Crippen LogP contribution in [-0.2, 0) is 14.3 Å². The van der Waals surface area contributed by atoms with Gasteiger partial charge in [-0.05, 0) is 37.2 Å². The van der Waals surface area contributed by atoms with Gasteiger partial charge in [0.25, 0.3) is 5.91 Å². The second kappa shape index (κ2) is 7.19. The molecule has 1 atom stereocenters. The number of rotatable bonds is 7. The fraction of sp³-hybridized carbons (Fsp3) is 0.467. The number of nitrogens with zero attached hydrogens (tertiary/aromatic N) is 1. The van der Waals surface area contributed by atoms with E-state index in [0.29, 0.717) is 24.6 Å². The number of hydrogen-bond acceptors (Lipinski definition) is 5. The molecule has 1 aliphatic heterocycles. The first kappa shape index (κ1) is 15.5. The van der Waals surface area contributed by atoms with Crippen LogP contribution in [0.15, 0.2) is 24.3 Å². The largest absolute Gasteiger partial charge is 0.497 e. The lowest BCUT2D eigenvalue weighted by Gasteiger charge is -2.16. The summed E-state index contributed by atoms with van der Waals surface area (Å²) in [5, 5.41) is 3.10. The molecular weight excluding hydrogens is 272 g/mol. The van der Waals surface area contributed by atoms with Crippen molar-refractivity contribution in [2.24, 2.45) is 0 Å². The van der Waals surface area contributed by atoms with Crippen LogP contribution in [0.2, 0.25) is 0 Å². The van der Waals surface area contributed by atoms with Gasteiger partial charge >= 0.3 is 0 Å². The minimum Gasteiger partial charge on any atom is -0.497 e. The van der Waals surface area contributed by atoms with Crippen LogP contribution in [0.1, 0.15) is 12.8 Å². The second-order valence-electron chi connectivity index (χ2n) is 4.82. The number of hydrogen-bond donors (Lipinski definition) is 1. The van der Waals surface area contributed by atoms with Crippen molar-refractivity contribution in [3.63, 3.8) is 0 Å². The molecule has 1 heterocycles. The molecule has 0 aromatic heterocycles. The molecule has 0 bridgehead atoms. The molecule has 1 fully saturated rings. The number of benzene rings is 1. The predicted octanol–water partition coefficient (Wildman–Crippen LogP) is 0.953. The van der Waals surface area contributed by atoms with Crippen LogP contribution in [0.5, 0.6) is 5.75 Å². The van der Waals surface area contributed by atoms with Crippen molar-refractivity contribution in [1.29, 1.82) is 0 Å². The first-order valence-electron chi connectivity index (χ1n) is 6.90. The lowest BCUT2D eigenvalue weighted by molar-refractivity contribution is -0.121. The van der Waals surface area contributed by atoms with Crippen LogP contribution in [0, 0.1) is 0 Å². The van der Waals surface area contributed by atoms with E-state index in [-0.39, 0.29) is 18.2 Å². The minimum absolute atomic E-state index is 0.186. The summed E-state index contributed by atoms with van der Waals surface area (Å²) in [6.45, 7) is 1.28. The van der Waals surface area contributed by atoms with Crippen molar-refractivity contribution in [3.05, 3.63) is 24.3 Å². The summed E-state index contributed by atoms with van der Waals surface area (Å²) in [5.74, 6) is 0.295. The zero-order valence-electron chi connectivity index (χ0n) is 12.3. The third kappa shape index (κ3) is 3.59. The van der Waals surface area contributed by atoms with E-state index in [1.165, 1.54) is 4.90 Å². The molecule has 21 heavy (non-hydrogen) atoms. The number of anilines is 1. The fourth-order valence-corrected chi connectivity index (χ4v) is 2.29. The Labute approximate surface area is 124 Å². The highest BCUT2D eigenvalue weighted by molar-refractivity contribution is 6.22. The van der Waals surface area contributed by atoms with Gasteiger partial charge < -0.3 is 14.8 Å². The Kier molecular flexibility index (Phi) is 5.30. The zero-order valence-corrected chi connectivity index (χ0v) is 12.3. The molecule has 6 nitrogen and oxygen atoms in total. The van der Waals surface area contributed by atoms with Crippen LogP contribution in [0.3, 0.4) is 0 Å². The minimum atomic E-state index is -0.448. The Balaban J connectivity index is 2.00. The van der Waals surface area contributed by atoms with E-state index in [2.05, 4.69) is 5.32 Å². The normalized spacial score (nSPS) is 18.4. The lowest BCUT2D eigenvalue weighted by atomic mass is 10.2. The highest BCUT2D eigenvalue weighted by Gasteiger charge is 2.39. The topological polar surface area (TPSA) is 67.9 Å². The Hall–Kier alpha value is -1.92. The van der Waals surface area contributed by atoms with Crippen molar-refractivity contribution >= 4 is 17.5 Å². The van der Waals surface area contributed by atoms with E-state index < -0.39 is 6.04 Å². The van der Waals surface area contributed by atoms with Gasteiger partial charge in [-0.25, -0.2) is 4.90 Å². The molecule has 0 saturated carbocycles. The molecule has 0 spiro atoms. The number of carbonyl (C=O) groups is 2. The summed E-state index contributed by atoms with van der Waals surface area (Å²) in [5.41, 5.74) is 0.576. The van der Waals surface area contributed by atoms with Crippen LogP contribution < -0.4 is 15.0 Å². The van der Waals surface area contributed by atoms with Gasteiger partial charge in [0.2, 0.25) is 5.91 Å². The number of ether oxygens (including phenoxy) is 2. The SMILES string of the molecule is COCCCN[C@@H]1CC(=O)N(c2ccc(OC)cc2)C1=O. The number of carbonyl (C=O) groups excluding carboxylic acids is 2. The average molecular weight is 292 g/mol. The van der Waals surface area contributed by atoms with Crippen LogP contribution in [-0.4, -0.2) is 45.2 Å². The quantitative estimate of drug-likeness (QED) is 0.599. The molecule has 0 aliphatic carbocycles. The van der Waals surface area contributed by atoms with Crippen molar-refractivity contribution in [2.75, 3.05) is 32.3 Å². The summed E-state index contributed by atoms with van der Waals surface area (Å²) in [4.78, 5) is 25.6. The van der Waals surface area contributed by atoms with Gasteiger partial charge in [0.05, 0.1) is 25.3 Å². The maximum absolute atomic E-state index is 12.3. The van der Waals surface area contributed by atoms with Gasteiger partial charge in [0, 0.05) is 13.7 Å². The monoisotopic (exact) mass is 292 g/mol. The number of nitrogens with one attached hydrogen (secondary N) is 1. The lowest BCUT2D eigenvalue weighted by Crippen LogP contribution is -2.39. The highest BCUT2D eigenvalue weighted by atomic mass is 16.5. The zero-order chi connectivity index (χ0) is 15.2. The highest BCUT2D eigenvalue weighted by Crippen LogP contribution is 2.25. The average Bonchev–Trinajstić information content (AvgIpc) is 2.78. The molecule has 1 aromatic rings. The van der Waals surface area contributed by atoms with E-state index in [9.17, 15) is 9.59 Å². The van der Waals surface area contributed by atoms with Gasteiger partial charge in [-0.3, -0.25) is 9.59 Å². The molecule has 0 radical (unpaired) electrons. The maximum atomic E-state index is 12.3. The molecule has 1 aliphatic rings. The number of imide groups is 1. The van der Waals surface area contributed by atoms with Gasteiger partial charge in [-0.1, -0.05) is 0 Å². The predicted molar refractivity (Wildman–Crippen MR) is 78.4 cm³/mol. The molecule has 0 unspecified atom stereocenters. The van der Waals surface area contributed by atoms with E-state index in [1.54, 1.807) is 38.5 Å². The molecule has 1 saturated heterocycles. The third-order valence-electron chi connectivity index (χ3n) is 3.39. The molecule has 1 N–H and O–H groups in total. The van der Waals surface area contributed by atoms with Crippen molar-refractivity contribution in [3.8, 4) is 5.75 Å². The van der Waals surface area contributed by atoms with Crippen molar-refractivity contribution < 1.29 is 19.1 Å². The van der Waals surface area contributed by atoms with Crippen molar-refractivity contribution in [1.82, 2.24) is 5.32 Å². The van der Waals surface area contributed by atoms with E-state index in [0.717, 1.165) is 6.42 Å². The Morgan fingerprint density at radius 3 is 2.57 bits per heavy atom. The summed E-state index contributed by atoms with van der Waals surface area (Å²) in [7, 11) is 3.21. The molecule has 2 amide bonds. The third-order valence-corrected chi connectivity index (χ3v) is 3.39. The standard InChI is InChI=1S/C15H20N2O4/c1-20-9-3-8-16-13-10-14(18)17(15(13)19)11-4-6-12(21-2)7-5-11/h4-7,13,16H,3,8-10H2,1-2H3/t13-/m1/s1. The molecule has 2 rings (SSSR count). The maximum Gasteiger partial charge on any atom is 0.251 e. The van der Waals surface area contributed by atoms with Gasteiger partial charge in [-0.15, -0.1) is 0 Å². The van der Waals surface area contributed by atoms with Gasteiger partial charge in [0.15, 0.2) is 0 Å². The Morgan fingerprint density at radius 2 is 1.95 bits per heavy atom. The van der Waals surface area contributed by atoms with E-state index >= 15 is 0 Å². The Morgan fingerprint density at radius 1 is 1.24 bits per heavy atom. The smallest absolute Gasteiger partial charge is 0.251 e. The number of methoxy groups -OCH3 is 2. The first-order valence-corrected chi connectivity index (χ1v) is 6.90. The van der Waals surface area contributed by atoms with Gasteiger partial charge in [0.1, 0.15) is 5.75 Å². The molecular formula is C15H20N2O4. The van der Waals surface area contributed by atoms with Crippen LogP contribution >= 0.6 is 0 Å². The molecule has 6 heteroatoms. The van der Waals surface area contributed by atoms with Crippen LogP contribution in [0.4, 0.5) is 5.69 Å².